The van der Waals surface area contributed by atoms with E-state index in [9.17, 15) is 22.6 Å². The fourth-order valence-electron chi connectivity index (χ4n) is 4.19. The van der Waals surface area contributed by atoms with Gasteiger partial charge < -0.3 is 11.1 Å². The molecule has 0 unspecified atom stereocenters. The summed E-state index contributed by atoms with van der Waals surface area (Å²) in [5.41, 5.74) is 9.33. The van der Waals surface area contributed by atoms with Crippen LogP contribution in [0.3, 0.4) is 0 Å². The zero-order valence-corrected chi connectivity index (χ0v) is 18.6. The van der Waals surface area contributed by atoms with Crippen LogP contribution in [0.25, 0.3) is 0 Å². The summed E-state index contributed by atoms with van der Waals surface area (Å²) in [5, 5.41) is 3.14. The van der Waals surface area contributed by atoms with Gasteiger partial charge in [0.2, 0.25) is 0 Å². The zero-order valence-electron chi connectivity index (χ0n) is 17.8. The molecule has 0 fully saturated rings. The average Bonchev–Trinajstić information content (AvgIpc) is 2.74. The third-order valence-electron chi connectivity index (χ3n) is 5.74. The summed E-state index contributed by atoms with van der Waals surface area (Å²) in [4.78, 5) is 26.0. The van der Waals surface area contributed by atoms with Crippen LogP contribution < -0.4 is 11.1 Å². The van der Waals surface area contributed by atoms with Crippen molar-refractivity contribution in [2.45, 2.75) is 32.1 Å². The molecule has 1 aliphatic carbocycles. The van der Waals surface area contributed by atoms with E-state index in [4.69, 9.17) is 5.73 Å². The van der Waals surface area contributed by atoms with Gasteiger partial charge in [-0.25, -0.2) is 0 Å². The number of nitrogens with two attached hydrogens (primary N) is 1. The zero-order chi connectivity index (χ0) is 23.4. The minimum Gasteiger partial charge on any atom is -0.397 e. The molecule has 4 rings (SSSR count). The van der Waals surface area contributed by atoms with Crippen LogP contribution in [0.15, 0.2) is 47.4 Å². The van der Waals surface area contributed by atoms with Crippen LogP contribution in [0.4, 0.5) is 17.1 Å². The number of rotatable bonds is 4. The molecule has 0 heterocycles. The number of fused-ring (bicyclic) bond motifs is 2. The van der Waals surface area contributed by atoms with Crippen molar-refractivity contribution in [2.75, 3.05) is 11.1 Å². The van der Waals surface area contributed by atoms with Gasteiger partial charge in [-0.1, -0.05) is 43.3 Å². The van der Waals surface area contributed by atoms with E-state index >= 15 is 0 Å². The van der Waals surface area contributed by atoms with Gasteiger partial charge in [-0.3, -0.25) is 14.1 Å². The number of hydrogen-bond donors (Lipinski definition) is 3. The number of aryl methyl sites for hydroxylation is 3. The predicted octanol–water partition coefficient (Wildman–Crippen LogP) is 4.21. The topological polar surface area (TPSA) is 127 Å². The average molecular weight is 451 g/mol. The Morgan fingerprint density at radius 1 is 0.938 bits per heavy atom. The maximum atomic E-state index is 13.4. The third-order valence-corrected chi connectivity index (χ3v) is 6.63. The van der Waals surface area contributed by atoms with Crippen LogP contribution in [0, 0.1) is 13.8 Å². The molecule has 32 heavy (non-hydrogen) atoms. The molecule has 7 nitrogen and oxygen atoms in total. The van der Waals surface area contributed by atoms with Crippen LogP contribution in [0.5, 0.6) is 0 Å². The second-order valence-corrected chi connectivity index (χ2v) is 9.24. The highest BCUT2D eigenvalue weighted by atomic mass is 32.2. The van der Waals surface area contributed by atoms with Crippen molar-refractivity contribution in [2.24, 2.45) is 0 Å². The van der Waals surface area contributed by atoms with E-state index in [-0.39, 0.29) is 27.9 Å². The molecule has 164 valence electrons. The van der Waals surface area contributed by atoms with Crippen LogP contribution in [-0.4, -0.2) is 24.5 Å². The van der Waals surface area contributed by atoms with Crippen molar-refractivity contribution in [3.8, 4) is 0 Å². The lowest BCUT2D eigenvalue weighted by atomic mass is 9.82. The lowest BCUT2D eigenvalue weighted by Crippen LogP contribution is -2.25. The van der Waals surface area contributed by atoms with Gasteiger partial charge in [-0.15, -0.1) is 0 Å². The molecule has 0 saturated carbocycles. The minimum atomic E-state index is -4.76. The highest BCUT2D eigenvalue weighted by Gasteiger charge is 2.36. The number of carbonyl (C=O) groups excluding carboxylic acids is 2. The second kappa shape index (κ2) is 7.58. The summed E-state index contributed by atoms with van der Waals surface area (Å²) in [7, 11) is -4.76. The molecular weight excluding hydrogens is 428 g/mol. The van der Waals surface area contributed by atoms with Gasteiger partial charge in [0.15, 0.2) is 11.6 Å². The number of anilines is 3. The Labute approximate surface area is 186 Å². The number of nitrogens with one attached hydrogen (secondary N) is 1. The number of carbonyl (C=O) groups is 2. The van der Waals surface area contributed by atoms with Crippen molar-refractivity contribution in [1.29, 1.82) is 0 Å². The highest BCUT2D eigenvalue weighted by Crippen LogP contribution is 2.40. The van der Waals surface area contributed by atoms with Crippen molar-refractivity contribution < 1.29 is 22.6 Å². The van der Waals surface area contributed by atoms with Crippen LogP contribution in [-0.2, 0) is 16.5 Å². The van der Waals surface area contributed by atoms with Gasteiger partial charge in [0, 0.05) is 16.8 Å². The lowest BCUT2D eigenvalue weighted by Gasteiger charge is -2.24. The molecule has 0 aromatic heterocycles. The predicted molar refractivity (Wildman–Crippen MR) is 123 cm³/mol. The summed E-state index contributed by atoms with van der Waals surface area (Å²) >= 11 is 0. The first-order valence-electron chi connectivity index (χ1n) is 10.0. The van der Waals surface area contributed by atoms with Crippen LogP contribution >= 0.6 is 0 Å². The van der Waals surface area contributed by atoms with E-state index < -0.39 is 32.3 Å². The SMILES string of the molecule is CCc1cc(C)c(Nc2cc(S(=O)(=O)O)c(N)c3c2C(=O)c2ccccc2C3=O)c(C)c1. The molecule has 8 heteroatoms. The number of hydrogen-bond acceptors (Lipinski definition) is 6. The molecule has 0 amide bonds. The Kier molecular flexibility index (Phi) is 5.15. The highest BCUT2D eigenvalue weighted by molar-refractivity contribution is 7.86. The fraction of sp³-hybridized carbons (Fsp3) is 0.167. The van der Waals surface area contributed by atoms with Crippen LogP contribution in [0.1, 0.15) is 55.5 Å². The Morgan fingerprint density at radius 3 is 1.97 bits per heavy atom. The van der Waals surface area contributed by atoms with E-state index in [0.717, 1.165) is 29.2 Å². The third kappa shape index (κ3) is 3.37. The summed E-state index contributed by atoms with van der Waals surface area (Å²) in [5.74, 6) is -1.03. The number of ketones is 2. The van der Waals surface area contributed by atoms with Gasteiger partial charge in [0.25, 0.3) is 10.1 Å². The maximum Gasteiger partial charge on any atom is 0.296 e. The first kappa shape index (κ1) is 21.7. The summed E-state index contributed by atoms with van der Waals surface area (Å²) in [6.45, 7) is 5.83. The molecule has 0 saturated heterocycles. The Morgan fingerprint density at radius 2 is 1.47 bits per heavy atom. The van der Waals surface area contributed by atoms with Crippen LogP contribution in [0.2, 0.25) is 0 Å². The molecular formula is C24H22N2O5S. The minimum absolute atomic E-state index is 0.0167. The van der Waals surface area contributed by atoms with Gasteiger partial charge in [0.05, 0.1) is 22.5 Å². The van der Waals surface area contributed by atoms with E-state index in [2.05, 4.69) is 5.32 Å². The van der Waals surface area contributed by atoms with Gasteiger partial charge in [0.1, 0.15) is 4.90 Å². The number of nitrogen functional groups attached to an aromatic ring is 1. The standard InChI is InChI=1S/C24H22N2O5S/c1-4-14-9-12(2)22(13(3)10-14)26-17-11-18(32(29,30)31)21(25)20-19(17)23(27)15-7-5-6-8-16(15)24(20)28/h5-11,26H,4,25H2,1-3H3,(H,29,30,31). The van der Waals surface area contributed by atoms with Gasteiger partial charge in [-0.2, -0.15) is 8.42 Å². The molecule has 4 N–H and O–H groups in total. The lowest BCUT2D eigenvalue weighted by molar-refractivity contribution is 0.0980. The molecule has 0 atom stereocenters. The summed E-state index contributed by atoms with van der Waals surface area (Å²) in [6, 6.07) is 11.4. The fourth-order valence-corrected chi connectivity index (χ4v) is 4.84. The maximum absolute atomic E-state index is 13.4. The van der Waals surface area contributed by atoms with E-state index in [1.165, 1.54) is 6.07 Å². The molecule has 3 aromatic rings. The largest absolute Gasteiger partial charge is 0.397 e. The quantitative estimate of drug-likeness (QED) is 0.314. The second-order valence-electron chi connectivity index (χ2n) is 7.85. The van der Waals surface area contributed by atoms with Crippen molar-refractivity contribution in [3.05, 3.63) is 81.4 Å². The molecule has 1 aliphatic rings. The first-order valence-corrected chi connectivity index (χ1v) is 11.5. The van der Waals surface area contributed by atoms with E-state index in [1.54, 1.807) is 18.2 Å². The molecule has 3 aromatic carbocycles. The van der Waals surface area contributed by atoms with E-state index in [0.29, 0.717) is 5.69 Å². The molecule has 0 aliphatic heterocycles. The van der Waals surface area contributed by atoms with E-state index in [1.807, 2.05) is 32.9 Å². The first-order chi connectivity index (χ1) is 15.0. The summed E-state index contributed by atoms with van der Waals surface area (Å²) < 4.78 is 33.8. The van der Waals surface area contributed by atoms with Crippen molar-refractivity contribution in [3.63, 3.8) is 0 Å². The molecule has 0 spiro atoms. The van der Waals surface area contributed by atoms with Gasteiger partial charge >= 0.3 is 0 Å². The molecule has 0 radical (unpaired) electrons. The van der Waals surface area contributed by atoms with Crippen molar-refractivity contribution >= 4 is 38.7 Å². The Hall–Kier alpha value is -3.49. The summed E-state index contributed by atoms with van der Waals surface area (Å²) in [6.07, 6.45) is 0.843. The van der Waals surface area contributed by atoms with Crippen molar-refractivity contribution in [1.82, 2.24) is 0 Å². The Balaban J connectivity index is 2.03. The van der Waals surface area contributed by atoms with Gasteiger partial charge in [-0.05, 0) is 43.0 Å². The Bertz CT molecular complexity index is 1400. The normalized spacial score (nSPS) is 13.0. The number of benzene rings is 3. The smallest absolute Gasteiger partial charge is 0.296 e. The molecule has 0 bridgehead atoms. The monoisotopic (exact) mass is 450 g/mol.